The number of rotatable bonds is 3. The van der Waals surface area contributed by atoms with Gasteiger partial charge in [-0.25, -0.2) is 9.97 Å². The fraction of sp³-hybridized carbons (Fsp3) is 0.200. The maximum Gasteiger partial charge on any atom is 0.282 e. The second kappa shape index (κ2) is 4.84. The highest BCUT2D eigenvalue weighted by Gasteiger charge is 2.18. The Morgan fingerprint density at radius 3 is 2.61 bits per heavy atom. The Balaban J connectivity index is 2.29. The second-order valence-electron chi connectivity index (χ2n) is 3.70. The summed E-state index contributed by atoms with van der Waals surface area (Å²) in [5.41, 5.74) is 0. The number of nitrogens with one attached hydrogen (secondary N) is 1. The average Bonchev–Trinajstić information content (AvgIpc) is 2.63. The van der Waals surface area contributed by atoms with E-state index >= 15 is 0 Å². The van der Waals surface area contributed by atoms with Gasteiger partial charge in [-0.15, -0.1) is 0 Å². The highest BCUT2D eigenvalue weighted by molar-refractivity contribution is 14.1. The molecular weight excluding hydrogens is 367 g/mol. The molecule has 0 radical (unpaired) electrons. The number of hydrogen-bond donors (Lipinski definition) is 1. The summed E-state index contributed by atoms with van der Waals surface area (Å²) >= 11 is 2.10. The molecule has 6 nitrogen and oxygen atoms in total. The minimum Gasteiger partial charge on any atom is -0.337 e. The van der Waals surface area contributed by atoms with Crippen LogP contribution in [-0.2, 0) is 17.1 Å². The Kier molecular flexibility index (Phi) is 3.57. The molecule has 2 aromatic heterocycles. The molecule has 0 amide bonds. The zero-order valence-electron chi connectivity index (χ0n) is 9.75. The summed E-state index contributed by atoms with van der Waals surface area (Å²) < 4.78 is 29.0. The van der Waals surface area contributed by atoms with E-state index in [0.717, 1.165) is 3.57 Å². The van der Waals surface area contributed by atoms with E-state index in [1.807, 2.05) is 0 Å². The van der Waals surface area contributed by atoms with Crippen molar-refractivity contribution in [1.82, 2.24) is 14.5 Å². The molecule has 1 N–H and O–H groups in total. The van der Waals surface area contributed by atoms with Gasteiger partial charge in [-0.1, -0.05) is 0 Å². The van der Waals surface area contributed by atoms with Gasteiger partial charge in [0.05, 0.1) is 0 Å². The van der Waals surface area contributed by atoms with Crippen molar-refractivity contribution in [2.24, 2.45) is 7.05 Å². The van der Waals surface area contributed by atoms with E-state index in [4.69, 9.17) is 0 Å². The standard InChI is InChI=1S/C10H11IN4O2S/c1-7-13-10(6-15(7)2)18(16,17)14-9-4-3-8(11)5-12-9/h3-6H,1-2H3,(H,12,14). The van der Waals surface area contributed by atoms with Crippen LogP contribution in [0.25, 0.3) is 0 Å². The fourth-order valence-electron chi connectivity index (χ4n) is 1.28. The molecule has 2 rings (SSSR count). The highest BCUT2D eigenvalue weighted by Crippen LogP contribution is 2.14. The highest BCUT2D eigenvalue weighted by atomic mass is 127. The number of nitrogens with zero attached hydrogens (tertiary/aromatic N) is 3. The zero-order valence-corrected chi connectivity index (χ0v) is 12.7. The van der Waals surface area contributed by atoms with Gasteiger partial charge in [0, 0.05) is 23.0 Å². The Bertz CT molecular complexity index is 644. The van der Waals surface area contributed by atoms with Crippen molar-refractivity contribution >= 4 is 38.4 Å². The van der Waals surface area contributed by atoms with Crippen molar-refractivity contribution in [3.63, 3.8) is 0 Å². The molecule has 2 aromatic rings. The number of halogens is 1. The lowest BCUT2D eigenvalue weighted by atomic mass is 10.5. The second-order valence-corrected chi connectivity index (χ2v) is 6.58. The van der Waals surface area contributed by atoms with Crippen LogP contribution in [0.4, 0.5) is 5.82 Å². The molecule has 0 saturated carbocycles. The SMILES string of the molecule is Cc1nc(S(=O)(=O)Nc2ccc(I)cn2)cn1C. The van der Waals surface area contributed by atoms with Crippen molar-refractivity contribution in [3.05, 3.63) is 33.9 Å². The van der Waals surface area contributed by atoms with Crippen molar-refractivity contribution in [1.29, 1.82) is 0 Å². The molecule has 0 saturated heterocycles. The number of anilines is 1. The first-order valence-corrected chi connectivity index (χ1v) is 7.59. The van der Waals surface area contributed by atoms with Crippen molar-refractivity contribution in [2.45, 2.75) is 11.9 Å². The van der Waals surface area contributed by atoms with Gasteiger partial charge in [-0.05, 0) is 41.6 Å². The summed E-state index contributed by atoms with van der Waals surface area (Å²) in [4.78, 5) is 7.96. The van der Waals surface area contributed by atoms with E-state index < -0.39 is 10.0 Å². The van der Waals surface area contributed by atoms with Crippen LogP contribution in [0.5, 0.6) is 0 Å². The predicted octanol–water partition coefficient (Wildman–Crippen LogP) is 1.53. The van der Waals surface area contributed by atoms with Crippen LogP contribution in [0, 0.1) is 10.5 Å². The van der Waals surface area contributed by atoms with E-state index in [-0.39, 0.29) is 10.8 Å². The molecule has 2 heterocycles. The van der Waals surface area contributed by atoms with Gasteiger partial charge in [0.2, 0.25) is 0 Å². The molecule has 0 fully saturated rings. The maximum atomic E-state index is 12.0. The molecule has 0 aliphatic rings. The zero-order chi connectivity index (χ0) is 13.3. The van der Waals surface area contributed by atoms with Crippen LogP contribution >= 0.6 is 22.6 Å². The smallest absolute Gasteiger partial charge is 0.282 e. The number of aryl methyl sites for hydroxylation is 2. The van der Waals surface area contributed by atoms with Crippen molar-refractivity contribution in [3.8, 4) is 0 Å². The molecule has 0 aliphatic carbocycles. The van der Waals surface area contributed by atoms with Crippen LogP contribution in [0.3, 0.4) is 0 Å². The number of sulfonamides is 1. The summed E-state index contributed by atoms with van der Waals surface area (Å²) in [5.74, 6) is 0.907. The molecule has 8 heteroatoms. The number of hydrogen-bond acceptors (Lipinski definition) is 4. The van der Waals surface area contributed by atoms with Gasteiger partial charge >= 0.3 is 0 Å². The lowest BCUT2D eigenvalue weighted by molar-refractivity contribution is 0.598. The molecule has 0 spiro atoms. The van der Waals surface area contributed by atoms with E-state index in [9.17, 15) is 8.42 Å². The van der Waals surface area contributed by atoms with Gasteiger partial charge < -0.3 is 4.57 Å². The van der Waals surface area contributed by atoms with Crippen molar-refractivity contribution in [2.75, 3.05) is 4.72 Å². The Hall–Kier alpha value is -1.16. The molecule has 18 heavy (non-hydrogen) atoms. The van der Waals surface area contributed by atoms with Crippen LogP contribution in [0.15, 0.2) is 29.6 Å². The summed E-state index contributed by atoms with van der Waals surface area (Å²) in [6.45, 7) is 1.74. The topological polar surface area (TPSA) is 76.9 Å². The largest absolute Gasteiger partial charge is 0.337 e. The van der Waals surface area contributed by atoms with E-state index in [0.29, 0.717) is 5.82 Å². The first-order valence-electron chi connectivity index (χ1n) is 5.03. The monoisotopic (exact) mass is 378 g/mol. The molecule has 0 atom stereocenters. The molecule has 0 aliphatic heterocycles. The number of imidazole rings is 1. The minimum atomic E-state index is -3.67. The Labute approximate surface area is 119 Å². The third kappa shape index (κ3) is 2.80. The van der Waals surface area contributed by atoms with Gasteiger partial charge in [-0.2, -0.15) is 8.42 Å². The lowest BCUT2D eigenvalue weighted by Gasteiger charge is -2.04. The molecular formula is C10H11IN4O2S. The van der Waals surface area contributed by atoms with Crippen LogP contribution in [0.1, 0.15) is 5.82 Å². The quantitative estimate of drug-likeness (QED) is 0.822. The average molecular weight is 378 g/mol. The molecule has 0 bridgehead atoms. The number of aromatic nitrogens is 3. The molecule has 0 aromatic carbocycles. The van der Waals surface area contributed by atoms with Crippen LogP contribution in [-0.4, -0.2) is 23.0 Å². The number of pyridine rings is 1. The van der Waals surface area contributed by atoms with Gasteiger partial charge in [0.1, 0.15) is 11.6 Å². The molecule has 0 unspecified atom stereocenters. The van der Waals surface area contributed by atoms with E-state index in [1.54, 1.807) is 36.9 Å². The first-order chi connectivity index (χ1) is 8.38. The maximum absolute atomic E-state index is 12.0. The normalized spacial score (nSPS) is 11.5. The van der Waals surface area contributed by atoms with Crippen molar-refractivity contribution < 1.29 is 8.42 Å². The Morgan fingerprint density at radius 2 is 2.11 bits per heavy atom. The van der Waals surface area contributed by atoms with Crippen LogP contribution < -0.4 is 4.72 Å². The predicted molar refractivity (Wildman–Crippen MR) is 75.7 cm³/mol. The third-order valence-electron chi connectivity index (χ3n) is 2.33. The summed E-state index contributed by atoms with van der Waals surface area (Å²) in [6, 6.07) is 3.38. The third-order valence-corrected chi connectivity index (χ3v) is 4.19. The lowest BCUT2D eigenvalue weighted by Crippen LogP contribution is -2.14. The van der Waals surface area contributed by atoms with Crippen LogP contribution in [0.2, 0.25) is 0 Å². The fourth-order valence-corrected chi connectivity index (χ4v) is 2.65. The summed E-state index contributed by atoms with van der Waals surface area (Å²) in [5, 5.41) is -0.0112. The van der Waals surface area contributed by atoms with E-state index in [1.165, 1.54) is 6.20 Å². The minimum absolute atomic E-state index is 0.0112. The van der Waals surface area contributed by atoms with E-state index in [2.05, 4.69) is 37.3 Å². The Morgan fingerprint density at radius 1 is 1.39 bits per heavy atom. The summed E-state index contributed by atoms with van der Waals surface area (Å²) in [7, 11) is -1.93. The first kappa shape index (κ1) is 13.3. The van der Waals surface area contributed by atoms with Gasteiger partial charge in [0.15, 0.2) is 5.03 Å². The van der Waals surface area contributed by atoms with Gasteiger partial charge in [-0.3, -0.25) is 4.72 Å². The van der Waals surface area contributed by atoms with Gasteiger partial charge in [0.25, 0.3) is 10.0 Å². The molecule has 96 valence electrons. The summed E-state index contributed by atoms with van der Waals surface area (Å²) in [6.07, 6.45) is 3.05.